The van der Waals surface area contributed by atoms with Gasteiger partial charge in [-0.2, -0.15) is 0 Å². The van der Waals surface area contributed by atoms with Gasteiger partial charge in [0.25, 0.3) is 10.0 Å². The molecule has 0 aliphatic rings. The van der Waals surface area contributed by atoms with Gasteiger partial charge in [0.2, 0.25) is 0 Å². The summed E-state index contributed by atoms with van der Waals surface area (Å²) in [6.07, 6.45) is 8.14. The van der Waals surface area contributed by atoms with Crippen molar-refractivity contribution in [3.8, 4) is 5.82 Å². The third-order valence-corrected chi connectivity index (χ3v) is 6.13. The summed E-state index contributed by atoms with van der Waals surface area (Å²) in [6, 6.07) is 17.3. The average Bonchev–Trinajstić information content (AvgIpc) is 3.35. The summed E-state index contributed by atoms with van der Waals surface area (Å²) < 4.78 is 30.3. The van der Waals surface area contributed by atoms with Gasteiger partial charge in [-0.1, -0.05) is 18.2 Å². The third-order valence-electron chi connectivity index (χ3n) is 4.72. The van der Waals surface area contributed by atoms with E-state index in [0.29, 0.717) is 22.8 Å². The zero-order valence-electron chi connectivity index (χ0n) is 16.6. The average molecular weight is 443 g/mol. The lowest BCUT2D eigenvalue weighted by atomic mass is 10.2. The lowest BCUT2D eigenvalue weighted by molar-refractivity contribution is 0.602. The van der Waals surface area contributed by atoms with Gasteiger partial charge in [-0.25, -0.2) is 23.4 Å². The molecule has 0 atom stereocenters. The fourth-order valence-corrected chi connectivity index (χ4v) is 4.46. The second-order valence-corrected chi connectivity index (χ2v) is 8.52. The van der Waals surface area contributed by atoms with Crippen LogP contribution in [0.5, 0.6) is 0 Å². The van der Waals surface area contributed by atoms with Crippen molar-refractivity contribution in [3.63, 3.8) is 0 Å². The molecule has 0 bridgehead atoms. The predicted molar refractivity (Wildman–Crippen MR) is 121 cm³/mol. The van der Waals surface area contributed by atoms with Gasteiger partial charge in [0.1, 0.15) is 29.2 Å². The number of imidazole rings is 1. The molecule has 0 spiro atoms. The molecule has 5 rings (SSSR count). The number of benzene rings is 2. The van der Waals surface area contributed by atoms with E-state index in [2.05, 4.69) is 30.0 Å². The van der Waals surface area contributed by atoms with Crippen LogP contribution in [0, 0.1) is 0 Å². The lowest BCUT2D eigenvalue weighted by Crippen LogP contribution is -2.13. The quantitative estimate of drug-likeness (QED) is 0.411. The molecule has 0 radical (unpaired) electrons. The first-order valence-electron chi connectivity index (χ1n) is 9.62. The van der Waals surface area contributed by atoms with E-state index in [0.717, 1.165) is 11.1 Å². The fraction of sp³-hybridized carbons (Fsp3) is 0. The van der Waals surface area contributed by atoms with Crippen LogP contribution < -0.4 is 10.0 Å². The Hall–Kier alpha value is -4.31. The summed E-state index contributed by atoms with van der Waals surface area (Å²) in [4.78, 5) is 16.8. The van der Waals surface area contributed by atoms with E-state index in [9.17, 15) is 8.42 Å². The number of aromatic nitrogens is 5. The number of rotatable bonds is 6. The van der Waals surface area contributed by atoms with Gasteiger partial charge in [0.15, 0.2) is 0 Å². The van der Waals surface area contributed by atoms with Gasteiger partial charge in [-0.05, 0) is 36.4 Å². The SMILES string of the molecule is O=S(=O)(Nc1ccc(Nc2cc(-n3ccnc3)ncn2)cc1)c1cccc2cccnc12. The van der Waals surface area contributed by atoms with Gasteiger partial charge < -0.3 is 5.32 Å². The van der Waals surface area contributed by atoms with Gasteiger partial charge in [-0.15, -0.1) is 0 Å². The summed E-state index contributed by atoms with van der Waals surface area (Å²) in [7, 11) is -3.80. The predicted octanol–water partition coefficient (Wildman–Crippen LogP) is 3.75. The molecule has 10 heteroatoms. The Bertz CT molecular complexity index is 1480. The molecule has 0 saturated heterocycles. The molecule has 32 heavy (non-hydrogen) atoms. The van der Waals surface area contributed by atoms with Crippen LogP contribution in [0.15, 0.2) is 96.8 Å². The van der Waals surface area contributed by atoms with Crippen LogP contribution in [0.4, 0.5) is 17.2 Å². The zero-order valence-corrected chi connectivity index (χ0v) is 17.4. The molecule has 0 amide bonds. The molecule has 3 aromatic heterocycles. The maximum absolute atomic E-state index is 13.0. The molecule has 0 unspecified atom stereocenters. The molecule has 0 fully saturated rings. The molecule has 0 aliphatic carbocycles. The highest BCUT2D eigenvalue weighted by molar-refractivity contribution is 7.93. The first kappa shape index (κ1) is 19.6. The van der Waals surface area contributed by atoms with E-state index in [1.807, 2.05) is 12.1 Å². The van der Waals surface area contributed by atoms with Crippen LogP contribution in [0.3, 0.4) is 0 Å². The number of nitrogens with one attached hydrogen (secondary N) is 2. The van der Waals surface area contributed by atoms with E-state index in [1.54, 1.807) is 78.0 Å². The van der Waals surface area contributed by atoms with Crippen molar-refractivity contribution in [2.45, 2.75) is 4.90 Å². The molecule has 2 N–H and O–H groups in total. The van der Waals surface area contributed by atoms with Crippen molar-refractivity contribution < 1.29 is 8.42 Å². The number of nitrogens with zero attached hydrogens (tertiary/aromatic N) is 5. The number of fused-ring (bicyclic) bond motifs is 1. The number of para-hydroxylation sites is 1. The van der Waals surface area contributed by atoms with Gasteiger partial charge in [0.05, 0.1) is 5.52 Å². The van der Waals surface area contributed by atoms with E-state index < -0.39 is 10.0 Å². The van der Waals surface area contributed by atoms with Crippen LogP contribution in [-0.4, -0.2) is 32.9 Å². The smallest absolute Gasteiger partial charge is 0.264 e. The molecule has 0 aliphatic heterocycles. The monoisotopic (exact) mass is 443 g/mol. The van der Waals surface area contributed by atoms with Crippen molar-refractivity contribution in [2.75, 3.05) is 10.0 Å². The van der Waals surface area contributed by atoms with Crippen molar-refractivity contribution in [2.24, 2.45) is 0 Å². The Morgan fingerprint density at radius 1 is 0.844 bits per heavy atom. The molecule has 0 saturated carbocycles. The summed E-state index contributed by atoms with van der Waals surface area (Å²) in [5.74, 6) is 1.27. The van der Waals surface area contributed by atoms with E-state index >= 15 is 0 Å². The van der Waals surface area contributed by atoms with Crippen LogP contribution in [-0.2, 0) is 10.0 Å². The Balaban J connectivity index is 1.34. The number of hydrogen-bond acceptors (Lipinski definition) is 7. The molecule has 9 nitrogen and oxygen atoms in total. The Kier molecular flexibility index (Phi) is 4.96. The highest BCUT2D eigenvalue weighted by atomic mass is 32.2. The molecule has 2 aromatic carbocycles. The fourth-order valence-electron chi connectivity index (χ4n) is 3.22. The van der Waals surface area contributed by atoms with Crippen molar-refractivity contribution >= 4 is 38.1 Å². The Morgan fingerprint density at radius 3 is 2.47 bits per heavy atom. The minimum absolute atomic E-state index is 0.130. The second-order valence-electron chi connectivity index (χ2n) is 6.87. The standard InChI is InChI=1S/C22H17N7O2S/c30-32(31,19-5-1-3-16-4-2-10-24-22(16)19)28-18-8-6-17(7-9-18)27-20-13-21(26-14-25-20)29-12-11-23-15-29/h1-15,28H,(H,25,26,27). The first-order chi connectivity index (χ1) is 15.6. The van der Waals surface area contributed by atoms with Crippen LogP contribution >= 0.6 is 0 Å². The minimum atomic E-state index is -3.80. The van der Waals surface area contributed by atoms with Crippen LogP contribution in [0.25, 0.3) is 16.7 Å². The summed E-state index contributed by atoms with van der Waals surface area (Å²) in [6.45, 7) is 0. The van der Waals surface area contributed by atoms with E-state index in [4.69, 9.17) is 0 Å². The normalized spacial score (nSPS) is 11.4. The topological polar surface area (TPSA) is 115 Å². The second kappa shape index (κ2) is 8.08. The molecular weight excluding hydrogens is 426 g/mol. The van der Waals surface area contributed by atoms with Crippen LogP contribution in [0.2, 0.25) is 0 Å². The van der Waals surface area contributed by atoms with Crippen molar-refractivity contribution in [3.05, 3.63) is 91.9 Å². The lowest BCUT2D eigenvalue weighted by Gasteiger charge is -2.11. The number of anilines is 3. The molecule has 158 valence electrons. The number of sulfonamides is 1. The van der Waals surface area contributed by atoms with Crippen molar-refractivity contribution in [1.29, 1.82) is 0 Å². The van der Waals surface area contributed by atoms with Gasteiger partial charge in [0, 0.05) is 41.4 Å². The van der Waals surface area contributed by atoms with E-state index in [-0.39, 0.29) is 4.90 Å². The third kappa shape index (κ3) is 3.98. The molecule has 5 aromatic rings. The summed E-state index contributed by atoms with van der Waals surface area (Å²) >= 11 is 0. The number of pyridine rings is 1. The Morgan fingerprint density at radius 2 is 1.66 bits per heavy atom. The largest absolute Gasteiger partial charge is 0.340 e. The zero-order chi connectivity index (χ0) is 22.0. The van der Waals surface area contributed by atoms with Gasteiger partial charge >= 0.3 is 0 Å². The summed E-state index contributed by atoms with van der Waals surface area (Å²) in [5, 5.41) is 3.94. The summed E-state index contributed by atoms with van der Waals surface area (Å²) in [5.41, 5.74) is 1.61. The van der Waals surface area contributed by atoms with Crippen molar-refractivity contribution in [1.82, 2.24) is 24.5 Å². The highest BCUT2D eigenvalue weighted by Crippen LogP contribution is 2.24. The minimum Gasteiger partial charge on any atom is -0.340 e. The molecule has 3 heterocycles. The first-order valence-corrected chi connectivity index (χ1v) is 11.1. The number of hydrogen-bond donors (Lipinski definition) is 2. The molecular formula is C22H17N7O2S. The maximum Gasteiger partial charge on any atom is 0.264 e. The van der Waals surface area contributed by atoms with Gasteiger partial charge in [-0.3, -0.25) is 14.3 Å². The van der Waals surface area contributed by atoms with E-state index in [1.165, 1.54) is 6.33 Å². The maximum atomic E-state index is 13.0. The highest BCUT2D eigenvalue weighted by Gasteiger charge is 2.18. The Labute approximate surface area is 183 Å². The van der Waals surface area contributed by atoms with Crippen LogP contribution in [0.1, 0.15) is 0 Å².